The zero-order valence-corrected chi connectivity index (χ0v) is 12.8. The number of para-hydroxylation sites is 1. The lowest BCUT2D eigenvalue weighted by atomic mass is 10.1. The van der Waals surface area contributed by atoms with Gasteiger partial charge in [0.2, 0.25) is 0 Å². The number of hydrogen-bond donors (Lipinski definition) is 1. The first kappa shape index (κ1) is 13.5. The zero-order valence-electron chi connectivity index (χ0n) is 12.1. The van der Waals surface area contributed by atoms with Gasteiger partial charge in [0.15, 0.2) is 0 Å². The molecule has 2 atom stereocenters. The lowest BCUT2D eigenvalue weighted by Crippen LogP contribution is -2.35. The summed E-state index contributed by atoms with van der Waals surface area (Å²) in [7, 11) is 0. The van der Waals surface area contributed by atoms with Crippen molar-refractivity contribution in [3.05, 3.63) is 41.0 Å². The molecule has 0 radical (unpaired) electrons. The Hall–Kier alpha value is -1.16. The lowest BCUT2D eigenvalue weighted by molar-refractivity contribution is 0.248. The summed E-state index contributed by atoms with van der Waals surface area (Å²) < 4.78 is 0. The number of benzene rings is 1. The van der Waals surface area contributed by atoms with Crippen molar-refractivity contribution in [2.24, 2.45) is 0 Å². The topological polar surface area (TPSA) is 28.2 Å². The number of hydrogen-bond acceptors (Lipinski definition) is 3. The summed E-state index contributed by atoms with van der Waals surface area (Å²) in [5, 5.41) is 5.58. The molecule has 2 bridgehead atoms. The fourth-order valence-corrected chi connectivity index (χ4v) is 3.85. The van der Waals surface area contributed by atoms with E-state index < -0.39 is 0 Å². The summed E-state index contributed by atoms with van der Waals surface area (Å²) in [6.07, 6.45) is 3.92. The van der Waals surface area contributed by atoms with Crippen LogP contribution in [0.15, 0.2) is 30.3 Å². The first-order valence-corrected chi connectivity index (χ1v) is 8.18. The molecule has 21 heavy (non-hydrogen) atoms. The molecule has 0 unspecified atom stereocenters. The number of halogens is 1. The summed E-state index contributed by atoms with van der Waals surface area (Å²) in [5.41, 5.74) is 2.04. The molecule has 0 spiro atoms. The Balaban J connectivity index is 1.55. The van der Waals surface area contributed by atoms with Crippen molar-refractivity contribution in [3.8, 4) is 0 Å². The van der Waals surface area contributed by atoms with Crippen LogP contribution in [0.25, 0.3) is 10.9 Å². The van der Waals surface area contributed by atoms with Crippen LogP contribution in [0, 0.1) is 0 Å². The van der Waals surface area contributed by atoms with Gasteiger partial charge in [-0.3, -0.25) is 4.90 Å². The van der Waals surface area contributed by atoms with Gasteiger partial charge in [-0.25, -0.2) is 4.98 Å². The Morgan fingerprint density at radius 3 is 3.00 bits per heavy atom. The van der Waals surface area contributed by atoms with E-state index in [-0.39, 0.29) is 0 Å². The quantitative estimate of drug-likeness (QED) is 0.923. The Labute approximate surface area is 130 Å². The smallest absolute Gasteiger partial charge is 0.0891 e. The SMILES string of the molecule is Clc1cccc2ccc(CN3CC[C@H]4CC[C@@H](C3)N4)nc12. The van der Waals surface area contributed by atoms with Crippen molar-refractivity contribution in [2.45, 2.75) is 37.9 Å². The van der Waals surface area contributed by atoms with Gasteiger partial charge in [-0.15, -0.1) is 0 Å². The van der Waals surface area contributed by atoms with Gasteiger partial charge in [0.25, 0.3) is 0 Å². The van der Waals surface area contributed by atoms with E-state index in [1.165, 1.54) is 19.3 Å². The molecule has 2 aliphatic heterocycles. The number of fused-ring (bicyclic) bond motifs is 3. The predicted octanol–water partition coefficient (Wildman–Crippen LogP) is 3.21. The van der Waals surface area contributed by atoms with Crippen molar-refractivity contribution in [2.75, 3.05) is 13.1 Å². The third-order valence-corrected chi connectivity index (χ3v) is 5.03. The van der Waals surface area contributed by atoms with Gasteiger partial charge >= 0.3 is 0 Å². The lowest BCUT2D eigenvalue weighted by Gasteiger charge is -2.23. The molecule has 2 aromatic rings. The van der Waals surface area contributed by atoms with Crippen LogP contribution in [0.5, 0.6) is 0 Å². The van der Waals surface area contributed by atoms with Crippen LogP contribution in [0.4, 0.5) is 0 Å². The van der Waals surface area contributed by atoms with Crippen LogP contribution in [0.2, 0.25) is 5.02 Å². The van der Waals surface area contributed by atoms with E-state index in [1.54, 1.807) is 0 Å². The zero-order chi connectivity index (χ0) is 14.2. The summed E-state index contributed by atoms with van der Waals surface area (Å²) in [5.74, 6) is 0. The van der Waals surface area contributed by atoms with E-state index >= 15 is 0 Å². The van der Waals surface area contributed by atoms with Crippen LogP contribution < -0.4 is 5.32 Å². The fraction of sp³-hybridized carbons (Fsp3) is 0.471. The molecule has 3 nitrogen and oxygen atoms in total. The number of nitrogens with one attached hydrogen (secondary N) is 1. The molecule has 0 saturated carbocycles. The van der Waals surface area contributed by atoms with E-state index in [2.05, 4.69) is 28.4 Å². The van der Waals surface area contributed by atoms with Gasteiger partial charge in [-0.1, -0.05) is 29.8 Å². The number of rotatable bonds is 2. The third-order valence-electron chi connectivity index (χ3n) is 4.72. The molecule has 0 amide bonds. The highest BCUT2D eigenvalue weighted by atomic mass is 35.5. The average molecular weight is 302 g/mol. The van der Waals surface area contributed by atoms with E-state index in [1.807, 2.05) is 12.1 Å². The van der Waals surface area contributed by atoms with Gasteiger partial charge in [0.05, 0.1) is 16.2 Å². The molecule has 2 fully saturated rings. The van der Waals surface area contributed by atoms with E-state index in [0.29, 0.717) is 6.04 Å². The van der Waals surface area contributed by atoms with Crippen molar-refractivity contribution < 1.29 is 0 Å². The van der Waals surface area contributed by atoms with Crippen molar-refractivity contribution >= 4 is 22.5 Å². The minimum Gasteiger partial charge on any atom is -0.310 e. The maximum absolute atomic E-state index is 6.26. The molecule has 2 saturated heterocycles. The third kappa shape index (κ3) is 2.78. The van der Waals surface area contributed by atoms with Crippen LogP contribution in [0.1, 0.15) is 25.0 Å². The second-order valence-electron chi connectivity index (χ2n) is 6.28. The standard InChI is InChI=1S/C17H20ClN3/c18-16-3-1-2-12-4-5-15(20-17(12)16)11-21-9-8-13-6-7-14(10-21)19-13/h1-5,13-14,19H,6-11H2/t13-,14+/m1/s1. The highest BCUT2D eigenvalue weighted by Crippen LogP contribution is 2.24. The normalized spacial score (nSPS) is 26.1. The first-order chi connectivity index (χ1) is 10.3. The van der Waals surface area contributed by atoms with Crippen LogP contribution >= 0.6 is 11.6 Å². The number of nitrogens with zero attached hydrogens (tertiary/aromatic N) is 2. The van der Waals surface area contributed by atoms with E-state index in [0.717, 1.165) is 47.3 Å². The van der Waals surface area contributed by atoms with Gasteiger partial charge in [-0.2, -0.15) is 0 Å². The molecule has 3 heterocycles. The van der Waals surface area contributed by atoms with Crippen LogP contribution in [-0.4, -0.2) is 35.1 Å². The van der Waals surface area contributed by atoms with E-state index in [9.17, 15) is 0 Å². The Morgan fingerprint density at radius 1 is 1.14 bits per heavy atom. The van der Waals surface area contributed by atoms with Gasteiger partial charge in [0.1, 0.15) is 0 Å². The average Bonchev–Trinajstić information content (AvgIpc) is 2.82. The Bertz CT molecular complexity index is 658. The highest BCUT2D eigenvalue weighted by Gasteiger charge is 2.29. The molecule has 1 N–H and O–H groups in total. The molecule has 1 aromatic carbocycles. The second-order valence-corrected chi connectivity index (χ2v) is 6.68. The number of aromatic nitrogens is 1. The number of likely N-dealkylation sites (tertiary alicyclic amines) is 1. The molecule has 110 valence electrons. The van der Waals surface area contributed by atoms with Crippen molar-refractivity contribution in [1.82, 2.24) is 15.2 Å². The van der Waals surface area contributed by atoms with E-state index in [4.69, 9.17) is 16.6 Å². The largest absolute Gasteiger partial charge is 0.310 e. The molecule has 1 aromatic heterocycles. The molecular formula is C17H20ClN3. The van der Waals surface area contributed by atoms with Crippen molar-refractivity contribution in [1.29, 1.82) is 0 Å². The molecule has 0 aliphatic carbocycles. The Morgan fingerprint density at radius 2 is 2.05 bits per heavy atom. The maximum atomic E-state index is 6.26. The summed E-state index contributed by atoms with van der Waals surface area (Å²) >= 11 is 6.26. The van der Waals surface area contributed by atoms with Gasteiger partial charge < -0.3 is 5.32 Å². The van der Waals surface area contributed by atoms with Crippen LogP contribution in [0.3, 0.4) is 0 Å². The van der Waals surface area contributed by atoms with Crippen molar-refractivity contribution in [3.63, 3.8) is 0 Å². The molecular weight excluding hydrogens is 282 g/mol. The monoisotopic (exact) mass is 301 g/mol. The molecule has 2 aliphatic rings. The summed E-state index contributed by atoms with van der Waals surface area (Å²) in [6, 6.07) is 11.6. The summed E-state index contributed by atoms with van der Waals surface area (Å²) in [6.45, 7) is 3.22. The molecule has 4 rings (SSSR count). The van der Waals surface area contributed by atoms with Crippen LogP contribution in [-0.2, 0) is 6.54 Å². The highest BCUT2D eigenvalue weighted by molar-refractivity contribution is 6.35. The predicted molar refractivity (Wildman–Crippen MR) is 86.6 cm³/mol. The molecule has 4 heteroatoms. The minimum atomic E-state index is 0.668. The number of pyridine rings is 1. The summed E-state index contributed by atoms with van der Waals surface area (Å²) in [4.78, 5) is 7.30. The van der Waals surface area contributed by atoms with Gasteiger partial charge in [-0.05, 0) is 31.4 Å². The minimum absolute atomic E-state index is 0.668. The maximum Gasteiger partial charge on any atom is 0.0891 e. The Kier molecular flexibility index (Phi) is 3.57. The first-order valence-electron chi connectivity index (χ1n) is 7.80. The van der Waals surface area contributed by atoms with Gasteiger partial charge in [0, 0.05) is 37.1 Å². The fourth-order valence-electron chi connectivity index (χ4n) is 3.63. The second kappa shape index (κ2) is 5.56.